The number of aromatic nitrogens is 1. The van der Waals surface area contributed by atoms with Crippen molar-refractivity contribution in [3.63, 3.8) is 0 Å². The lowest BCUT2D eigenvalue weighted by molar-refractivity contribution is 0.168. The zero-order valence-corrected chi connectivity index (χ0v) is 18.0. The van der Waals surface area contributed by atoms with E-state index in [0.29, 0.717) is 23.8 Å². The number of aliphatic imine (C=N–C) groups is 1. The number of ether oxygens (including phenoxy) is 2. The van der Waals surface area contributed by atoms with Gasteiger partial charge in [0.2, 0.25) is 0 Å². The van der Waals surface area contributed by atoms with E-state index in [1.807, 2.05) is 61.5 Å². The van der Waals surface area contributed by atoms with E-state index in [-0.39, 0.29) is 18.5 Å². The second-order valence-corrected chi connectivity index (χ2v) is 7.30. The Bertz CT molecular complexity index is 1130. The zero-order valence-electron chi connectivity index (χ0n) is 18.0. The van der Waals surface area contributed by atoms with Gasteiger partial charge in [-0.3, -0.25) is 5.32 Å². The van der Waals surface area contributed by atoms with Crippen LogP contribution in [-0.4, -0.2) is 29.4 Å². The molecule has 4 N–H and O–H groups in total. The number of carbonyl (C=O) groups excluding carboxylic acids is 1. The van der Waals surface area contributed by atoms with Crippen LogP contribution in [-0.2, 0) is 11.3 Å². The van der Waals surface area contributed by atoms with Gasteiger partial charge in [-0.2, -0.15) is 0 Å². The highest BCUT2D eigenvalue weighted by molar-refractivity contribution is 6.10. The van der Waals surface area contributed by atoms with Crippen molar-refractivity contribution in [2.45, 2.75) is 26.5 Å². The maximum Gasteiger partial charge on any atom is 0.412 e. The molecule has 1 aliphatic rings. The normalized spacial score (nSPS) is 14.6. The van der Waals surface area contributed by atoms with Crippen molar-refractivity contribution in [3.05, 3.63) is 71.8 Å². The van der Waals surface area contributed by atoms with E-state index in [1.165, 1.54) is 0 Å². The first-order valence-electron chi connectivity index (χ1n) is 10.4. The van der Waals surface area contributed by atoms with E-state index in [1.54, 1.807) is 13.0 Å². The van der Waals surface area contributed by atoms with Crippen LogP contribution in [0.2, 0.25) is 0 Å². The number of nitrogens with one attached hydrogen (secondary N) is 2. The predicted octanol–water partition coefficient (Wildman–Crippen LogP) is 4.75. The zero-order chi connectivity index (χ0) is 22.5. The molecule has 8 heteroatoms. The van der Waals surface area contributed by atoms with Gasteiger partial charge in [0, 0.05) is 6.07 Å². The topological polar surface area (TPSA) is 111 Å². The quantitative estimate of drug-likeness (QED) is 0.520. The summed E-state index contributed by atoms with van der Waals surface area (Å²) in [5.74, 6) is 1.30. The third-order valence-electron chi connectivity index (χ3n) is 4.94. The maximum atomic E-state index is 11.7. The second-order valence-electron chi connectivity index (χ2n) is 7.30. The molecule has 1 atom stereocenters. The Morgan fingerprint density at radius 2 is 1.91 bits per heavy atom. The van der Waals surface area contributed by atoms with Crippen LogP contribution in [0.5, 0.6) is 5.75 Å². The maximum absolute atomic E-state index is 11.7. The molecule has 4 rings (SSSR count). The molecule has 3 aromatic rings. The van der Waals surface area contributed by atoms with Crippen molar-refractivity contribution in [2.75, 3.05) is 23.0 Å². The molecule has 0 aliphatic carbocycles. The number of amides is 1. The SMILES string of the molecule is CCOC(=O)Nc1cc2c(c(N)n1)N=C(c1ccc(OCc3ccccc3)cc1)[C@H](C)N2. The molecule has 0 fully saturated rings. The van der Waals surface area contributed by atoms with Gasteiger partial charge in [-0.15, -0.1) is 0 Å². The van der Waals surface area contributed by atoms with Gasteiger partial charge in [-0.05, 0) is 49.2 Å². The molecule has 0 saturated heterocycles. The number of anilines is 3. The summed E-state index contributed by atoms with van der Waals surface area (Å²) in [7, 11) is 0. The Kier molecular flexibility index (Phi) is 6.21. The molecule has 1 aliphatic heterocycles. The highest BCUT2D eigenvalue weighted by Gasteiger charge is 2.23. The number of fused-ring (bicyclic) bond motifs is 1. The highest BCUT2D eigenvalue weighted by atomic mass is 16.5. The summed E-state index contributed by atoms with van der Waals surface area (Å²) in [6.45, 7) is 4.52. The van der Waals surface area contributed by atoms with Crippen LogP contribution in [0.3, 0.4) is 0 Å². The van der Waals surface area contributed by atoms with Crippen molar-refractivity contribution in [2.24, 2.45) is 4.99 Å². The second kappa shape index (κ2) is 9.38. The van der Waals surface area contributed by atoms with Crippen molar-refractivity contribution in [3.8, 4) is 5.75 Å². The van der Waals surface area contributed by atoms with Gasteiger partial charge >= 0.3 is 6.09 Å². The Labute approximate surface area is 186 Å². The Morgan fingerprint density at radius 1 is 1.16 bits per heavy atom. The largest absolute Gasteiger partial charge is 0.489 e. The number of nitrogen functional groups attached to an aromatic ring is 1. The minimum absolute atomic E-state index is 0.0733. The minimum Gasteiger partial charge on any atom is -0.489 e. The van der Waals surface area contributed by atoms with Gasteiger partial charge in [0.15, 0.2) is 5.82 Å². The van der Waals surface area contributed by atoms with Gasteiger partial charge in [0.25, 0.3) is 0 Å². The number of benzene rings is 2. The molecule has 32 heavy (non-hydrogen) atoms. The van der Waals surface area contributed by atoms with Gasteiger partial charge in [-0.25, -0.2) is 14.8 Å². The van der Waals surface area contributed by atoms with E-state index < -0.39 is 6.09 Å². The van der Waals surface area contributed by atoms with Crippen LogP contribution in [0.25, 0.3) is 0 Å². The van der Waals surface area contributed by atoms with Crippen LogP contribution in [0.1, 0.15) is 25.0 Å². The van der Waals surface area contributed by atoms with E-state index in [9.17, 15) is 4.79 Å². The molecular formula is C24H25N5O3. The summed E-state index contributed by atoms with van der Waals surface area (Å²) in [4.78, 5) is 20.7. The van der Waals surface area contributed by atoms with Crippen molar-refractivity contribution in [1.29, 1.82) is 0 Å². The lowest BCUT2D eigenvalue weighted by Crippen LogP contribution is -2.30. The van der Waals surface area contributed by atoms with Crippen LogP contribution in [0.15, 0.2) is 65.7 Å². The average Bonchev–Trinajstić information content (AvgIpc) is 2.78. The van der Waals surface area contributed by atoms with Crippen LogP contribution in [0, 0.1) is 0 Å². The Hall–Kier alpha value is -4.07. The number of nitrogens with two attached hydrogens (primary N) is 1. The molecule has 0 radical (unpaired) electrons. The third-order valence-corrected chi connectivity index (χ3v) is 4.94. The number of nitrogens with zero attached hydrogens (tertiary/aromatic N) is 2. The van der Waals surface area contributed by atoms with E-state index in [0.717, 1.165) is 22.6 Å². The summed E-state index contributed by atoms with van der Waals surface area (Å²) in [5.41, 5.74) is 10.3. The summed E-state index contributed by atoms with van der Waals surface area (Å²) in [6.07, 6.45) is -0.582. The van der Waals surface area contributed by atoms with Crippen molar-refractivity contribution < 1.29 is 14.3 Å². The lowest BCUT2D eigenvalue weighted by atomic mass is 10.0. The summed E-state index contributed by atoms with van der Waals surface area (Å²) in [6, 6.07) is 19.5. The highest BCUT2D eigenvalue weighted by Crippen LogP contribution is 2.37. The smallest absolute Gasteiger partial charge is 0.412 e. The number of hydrogen-bond acceptors (Lipinski definition) is 7. The monoisotopic (exact) mass is 431 g/mol. The molecular weight excluding hydrogens is 406 g/mol. The van der Waals surface area contributed by atoms with Gasteiger partial charge in [0.1, 0.15) is 23.9 Å². The molecule has 1 amide bonds. The van der Waals surface area contributed by atoms with Crippen LogP contribution < -0.4 is 21.1 Å². The van der Waals surface area contributed by atoms with Crippen LogP contribution >= 0.6 is 0 Å². The molecule has 2 heterocycles. The number of carbonyl (C=O) groups is 1. The molecule has 1 aromatic heterocycles. The van der Waals surface area contributed by atoms with Crippen molar-refractivity contribution in [1.82, 2.24) is 4.98 Å². The van der Waals surface area contributed by atoms with E-state index >= 15 is 0 Å². The molecule has 0 saturated carbocycles. The number of rotatable bonds is 6. The molecule has 164 valence electrons. The van der Waals surface area contributed by atoms with E-state index in [4.69, 9.17) is 20.2 Å². The molecule has 0 bridgehead atoms. The first-order valence-corrected chi connectivity index (χ1v) is 10.4. The average molecular weight is 431 g/mol. The Morgan fingerprint density at radius 3 is 2.62 bits per heavy atom. The standard InChI is InChI=1S/C24H25N5O3/c1-3-31-24(30)28-20-13-19-22(23(25)27-20)29-21(15(2)26-19)17-9-11-18(12-10-17)32-14-16-7-5-4-6-8-16/h4-13,15,26H,3,14H2,1-2H3,(H3,25,27,28,30)/t15-/m0/s1. The lowest BCUT2D eigenvalue weighted by Gasteiger charge is -2.25. The third kappa shape index (κ3) is 4.80. The van der Waals surface area contributed by atoms with Gasteiger partial charge < -0.3 is 20.5 Å². The number of pyridine rings is 1. The number of hydrogen-bond donors (Lipinski definition) is 3. The fraction of sp³-hybridized carbons (Fsp3) is 0.208. The Balaban J connectivity index is 1.51. The van der Waals surface area contributed by atoms with Gasteiger partial charge in [0.05, 0.1) is 24.0 Å². The van der Waals surface area contributed by atoms with E-state index in [2.05, 4.69) is 15.6 Å². The predicted molar refractivity (Wildman–Crippen MR) is 126 cm³/mol. The fourth-order valence-corrected chi connectivity index (χ4v) is 3.42. The molecule has 8 nitrogen and oxygen atoms in total. The first-order chi connectivity index (χ1) is 15.5. The first kappa shape index (κ1) is 21.2. The summed E-state index contributed by atoms with van der Waals surface area (Å²) >= 11 is 0. The molecule has 0 unspecified atom stereocenters. The van der Waals surface area contributed by atoms with Crippen LogP contribution in [0.4, 0.5) is 27.8 Å². The fourth-order valence-electron chi connectivity index (χ4n) is 3.42. The molecule has 0 spiro atoms. The minimum atomic E-state index is -0.582. The van der Waals surface area contributed by atoms with Crippen molar-refractivity contribution >= 4 is 34.8 Å². The summed E-state index contributed by atoms with van der Waals surface area (Å²) in [5, 5.41) is 5.95. The molecule has 2 aromatic carbocycles. The summed E-state index contributed by atoms with van der Waals surface area (Å²) < 4.78 is 10.8. The van der Waals surface area contributed by atoms with Gasteiger partial charge in [-0.1, -0.05) is 30.3 Å².